The van der Waals surface area contributed by atoms with Gasteiger partial charge in [-0.15, -0.1) is 0 Å². The third kappa shape index (κ3) is 7.43. The van der Waals surface area contributed by atoms with Gasteiger partial charge < -0.3 is 30.9 Å². The quantitative estimate of drug-likeness (QED) is 0.176. The van der Waals surface area contributed by atoms with E-state index in [4.69, 9.17) is 4.74 Å². The number of rotatable bonds is 12. The van der Waals surface area contributed by atoms with E-state index in [1.807, 2.05) is 0 Å². The van der Waals surface area contributed by atoms with E-state index in [-0.39, 0.29) is 45.3 Å². The molecule has 0 spiro atoms. The second kappa shape index (κ2) is 13.7. The maximum atomic E-state index is 14.7. The normalized spacial score (nSPS) is 22.5. The Bertz CT molecular complexity index is 1760. The molecule has 1 unspecified atom stereocenters. The number of anilines is 1. The third-order valence-electron chi connectivity index (χ3n) is 10.2. The molecule has 11 nitrogen and oxygen atoms in total. The van der Waals surface area contributed by atoms with Crippen LogP contribution in [-0.4, -0.2) is 59.6 Å². The number of ether oxygens (including phenoxy) is 1. The molecule has 49 heavy (non-hydrogen) atoms. The molecule has 0 aromatic heterocycles. The van der Waals surface area contributed by atoms with Crippen molar-refractivity contribution in [3.8, 4) is 5.75 Å². The van der Waals surface area contributed by atoms with Gasteiger partial charge in [0.15, 0.2) is 0 Å². The van der Waals surface area contributed by atoms with Gasteiger partial charge in [0, 0.05) is 18.7 Å². The molecule has 7 rings (SSSR count). The minimum absolute atomic E-state index is 0.0313. The Hall–Kier alpha value is -5.26. The van der Waals surface area contributed by atoms with Crippen LogP contribution in [0.2, 0.25) is 0 Å². The molecule has 5 N–H and O–H groups in total. The fraction of sp³-hybridized carbons (Fsp3) is 0.378. The van der Waals surface area contributed by atoms with Crippen LogP contribution in [-0.2, 0) is 11.2 Å². The summed E-state index contributed by atoms with van der Waals surface area (Å²) in [5, 5.41) is 27.1. The number of methoxy groups -OCH3 is 1. The number of hydrogen-bond donors (Lipinski definition) is 5. The van der Waals surface area contributed by atoms with Crippen molar-refractivity contribution >= 4 is 35.3 Å². The van der Waals surface area contributed by atoms with Gasteiger partial charge in [0.1, 0.15) is 17.6 Å². The van der Waals surface area contributed by atoms with Crippen molar-refractivity contribution in [3.63, 3.8) is 0 Å². The van der Waals surface area contributed by atoms with E-state index in [9.17, 15) is 38.6 Å². The molecule has 3 aromatic rings. The fourth-order valence-corrected chi connectivity index (χ4v) is 8.41. The predicted octanol–water partition coefficient (Wildman–Crippen LogP) is 5.16. The molecule has 12 heteroatoms. The molecule has 256 valence electrons. The van der Waals surface area contributed by atoms with Crippen LogP contribution in [0.5, 0.6) is 5.75 Å². The number of carbonyl (C=O) groups is 5. The van der Waals surface area contributed by atoms with Crippen LogP contribution in [0.15, 0.2) is 60.7 Å². The highest BCUT2D eigenvalue weighted by atomic mass is 19.1. The molecule has 4 fully saturated rings. The van der Waals surface area contributed by atoms with Gasteiger partial charge in [0.05, 0.1) is 29.4 Å². The second-order valence-electron chi connectivity index (χ2n) is 13.7. The average molecular weight is 672 g/mol. The monoisotopic (exact) mass is 671 g/mol. The average Bonchev–Trinajstić information content (AvgIpc) is 3.06. The van der Waals surface area contributed by atoms with E-state index in [1.54, 1.807) is 6.07 Å². The molecule has 0 aliphatic heterocycles. The molecule has 3 aromatic carbocycles. The molecule has 0 saturated heterocycles. The zero-order valence-electron chi connectivity index (χ0n) is 27.0. The number of amides is 3. The smallest absolute Gasteiger partial charge is 0.335 e. The Morgan fingerprint density at radius 3 is 2.02 bits per heavy atom. The van der Waals surface area contributed by atoms with Crippen LogP contribution in [0.3, 0.4) is 0 Å². The van der Waals surface area contributed by atoms with Gasteiger partial charge in [-0.05, 0) is 110 Å². The summed E-state index contributed by atoms with van der Waals surface area (Å²) in [5.41, 5.74) is -0.740. The maximum Gasteiger partial charge on any atom is 0.335 e. The third-order valence-corrected chi connectivity index (χ3v) is 10.2. The lowest BCUT2D eigenvalue weighted by Crippen LogP contribution is -2.51. The summed E-state index contributed by atoms with van der Waals surface area (Å²) in [4.78, 5) is 64.5. The van der Waals surface area contributed by atoms with Crippen LogP contribution in [0.25, 0.3) is 0 Å². The number of nitrogens with one attached hydrogen (secondary N) is 3. The minimum atomic E-state index is -1.42. The summed E-state index contributed by atoms with van der Waals surface area (Å²) in [6.45, 7) is 0.500. The predicted molar refractivity (Wildman–Crippen MR) is 176 cm³/mol. The van der Waals surface area contributed by atoms with Crippen LogP contribution >= 0.6 is 0 Å². The Balaban J connectivity index is 1.25. The van der Waals surface area contributed by atoms with Crippen molar-refractivity contribution in [1.82, 2.24) is 10.6 Å². The summed E-state index contributed by atoms with van der Waals surface area (Å²) in [5.74, 6) is -3.12. The van der Waals surface area contributed by atoms with E-state index in [2.05, 4.69) is 16.0 Å². The first-order valence-electron chi connectivity index (χ1n) is 16.3. The lowest BCUT2D eigenvalue weighted by Gasteiger charge is -2.56. The number of carboxylic acid groups (broad SMARTS) is 2. The van der Waals surface area contributed by atoms with Gasteiger partial charge >= 0.3 is 11.9 Å². The molecule has 0 radical (unpaired) electrons. The number of hydrogen-bond acceptors (Lipinski definition) is 6. The van der Waals surface area contributed by atoms with Gasteiger partial charge in [-0.3, -0.25) is 14.4 Å². The highest BCUT2D eigenvalue weighted by Crippen LogP contribution is 2.59. The van der Waals surface area contributed by atoms with Crippen LogP contribution in [0, 0.1) is 29.0 Å². The molecular weight excluding hydrogens is 633 g/mol. The first-order chi connectivity index (χ1) is 23.4. The molecule has 3 amide bonds. The zero-order chi connectivity index (χ0) is 34.9. The van der Waals surface area contributed by atoms with Gasteiger partial charge in [-0.1, -0.05) is 18.2 Å². The summed E-state index contributed by atoms with van der Waals surface area (Å²) < 4.78 is 20.1. The van der Waals surface area contributed by atoms with Crippen molar-refractivity contribution in [2.24, 2.45) is 23.2 Å². The molecule has 1 atom stereocenters. The number of halogens is 1. The lowest BCUT2D eigenvalue weighted by molar-refractivity contribution is -0.118. The first-order valence-corrected chi connectivity index (χ1v) is 16.3. The second-order valence-corrected chi connectivity index (χ2v) is 13.7. The van der Waals surface area contributed by atoms with Crippen molar-refractivity contribution in [1.29, 1.82) is 0 Å². The highest BCUT2D eigenvalue weighted by Gasteiger charge is 2.50. The molecule has 0 heterocycles. The summed E-state index contributed by atoms with van der Waals surface area (Å²) in [7, 11) is 1.44. The number of benzene rings is 3. The van der Waals surface area contributed by atoms with Crippen LogP contribution < -0.4 is 20.7 Å². The Kier molecular flexibility index (Phi) is 9.40. The topological polar surface area (TPSA) is 171 Å². The fourth-order valence-electron chi connectivity index (χ4n) is 8.41. The van der Waals surface area contributed by atoms with E-state index in [0.717, 1.165) is 37.5 Å². The summed E-state index contributed by atoms with van der Waals surface area (Å²) >= 11 is 0. The standard InChI is InChI=1S/C37H38FN3O8/c1-49-27-6-7-28(29(15-27)32(42)39-19-37-16-20-8-21(17-37)10-22(9-20)18-37)33(43)41-31(14-23-4-2-3-5-30(23)38)34(44)40-26-12-24(35(45)46)11-25(13-26)36(47)48/h2-7,11-13,15,20-22,31H,8-10,14,16-19H2,1H3,(H,39,42)(H,40,44)(H,41,43)(H,45,46)(H,47,48). The molecule has 4 saturated carbocycles. The molecule has 4 bridgehead atoms. The van der Waals surface area contributed by atoms with E-state index >= 15 is 0 Å². The molecule has 4 aliphatic rings. The Labute approximate surface area is 282 Å². The zero-order valence-corrected chi connectivity index (χ0v) is 27.0. The minimum Gasteiger partial charge on any atom is -0.497 e. The summed E-state index contributed by atoms with van der Waals surface area (Å²) in [6, 6.07) is 11.8. The van der Waals surface area contributed by atoms with E-state index in [0.29, 0.717) is 30.0 Å². The van der Waals surface area contributed by atoms with Gasteiger partial charge in [0.2, 0.25) is 5.91 Å². The first kappa shape index (κ1) is 33.6. The van der Waals surface area contributed by atoms with Gasteiger partial charge in [0.25, 0.3) is 11.8 Å². The SMILES string of the molecule is COc1ccc(C(=O)NC(Cc2ccccc2F)C(=O)Nc2cc(C(=O)O)cc(C(=O)O)c2)c(C(=O)NCC23CC4CC(CC(C4)C2)C3)c1. The lowest BCUT2D eigenvalue weighted by atomic mass is 9.49. The number of carbonyl (C=O) groups excluding carboxylic acids is 3. The Morgan fingerprint density at radius 2 is 1.45 bits per heavy atom. The Morgan fingerprint density at radius 1 is 0.837 bits per heavy atom. The van der Waals surface area contributed by atoms with Gasteiger partial charge in [-0.25, -0.2) is 14.0 Å². The van der Waals surface area contributed by atoms with Crippen molar-refractivity contribution in [2.45, 2.75) is 51.0 Å². The summed E-state index contributed by atoms with van der Waals surface area (Å²) in [6.07, 6.45) is 6.74. The molecule has 4 aliphatic carbocycles. The van der Waals surface area contributed by atoms with E-state index in [1.165, 1.54) is 62.8 Å². The number of carboxylic acids is 2. The van der Waals surface area contributed by atoms with E-state index < -0.39 is 41.5 Å². The van der Waals surface area contributed by atoms with Crippen molar-refractivity contribution < 1.29 is 43.3 Å². The van der Waals surface area contributed by atoms with Crippen LogP contribution in [0.4, 0.5) is 10.1 Å². The molecular formula is C37H38FN3O8. The maximum absolute atomic E-state index is 14.7. The highest BCUT2D eigenvalue weighted by molar-refractivity contribution is 6.09. The van der Waals surface area contributed by atoms with Crippen molar-refractivity contribution in [2.75, 3.05) is 19.0 Å². The van der Waals surface area contributed by atoms with Crippen LogP contribution in [0.1, 0.15) is 85.5 Å². The number of aromatic carboxylic acids is 2. The largest absolute Gasteiger partial charge is 0.497 e. The van der Waals surface area contributed by atoms with Crippen molar-refractivity contribution in [3.05, 3.63) is 94.3 Å². The van der Waals surface area contributed by atoms with Gasteiger partial charge in [-0.2, -0.15) is 0 Å².